The summed E-state index contributed by atoms with van der Waals surface area (Å²) in [4.78, 5) is 8.73. The van der Waals surface area contributed by atoms with Gasteiger partial charge in [-0.25, -0.2) is 14.4 Å². The summed E-state index contributed by atoms with van der Waals surface area (Å²) in [6.45, 7) is 0. The quantitative estimate of drug-likeness (QED) is 0.714. The van der Waals surface area contributed by atoms with Crippen molar-refractivity contribution in [3.8, 4) is 11.4 Å². The summed E-state index contributed by atoms with van der Waals surface area (Å²) >= 11 is 11.3. The van der Waals surface area contributed by atoms with E-state index < -0.39 is 0 Å². The maximum Gasteiger partial charge on any atom is 0.162 e. The molecular formula is C12H7BrClFN2S. The molecule has 0 aliphatic carbocycles. The van der Waals surface area contributed by atoms with Gasteiger partial charge in [-0.15, -0.1) is 0 Å². The third-order valence-corrected chi connectivity index (χ3v) is 4.67. The van der Waals surface area contributed by atoms with Crippen LogP contribution in [0.3, 0.4) is 0 Å². The molecule has 3 rings (SSSR count). The smallest absolute Gasteiger partial charge is 0.162 e. The van der Waals surface area contributed by atoms with E-state index in [1.165, 1.54) is 12.1 Å². The largest absolute Gasteiger partial charge is 0.232 e. The molecule has 2 aromatic rings. The zero-order chi connectivity index (χ0) is 12.7. The topological polar surface area (TPSA) is 25.8 Å². The summed E-state index contributed by atoms with van der Waals surface area (Å²) in [6, 6.07) is 4.44. The fourth-order valence-corrected chi connectivity index (χ4v) is 3.60. The minimum absolute atomic E-state index is 0.317. The average Bonchev–Trinajstić information content (AvgIpc) is 2.81. The SMILES string of the molecule is Fc1ccc(Br)c(-c2nc(Cl)c3c(n2)CSC3)c1. The molecule has 0 saturated heterocycles. The number of halogens is 3. The van der Waals surface area contributed by atoms with E-state index in [0.29, 0.717) is 16.5 Å². The molecule has 1 aliphatic heterocycles. The molecule has 1 aliphatic rings. The van der Waals surface area contributed by atoms with Crippen LogP contribution in [0.5, 0.6) is 0 Å². The maximum absolute atomic E-state index is 13.3. The van der Waals surface area contributed by atoms with Crippen LogP contribution >= 0.6 is 39.3 Å². The highest BCUT2D eigenvalue weighted by Gasteiger charge is 2.20. The van der Waals surface area contributed by atoms with Crippen molar-refractivity contribution in [1.82, 2.24) is 9.97 Å². The molecule has 1 aromatic heterocycles. The van der Waals surface area contributed by atoms with Gasteiger partial charge in [0.1, 0.15) is 11.0 Å². The lowest BCUT2D eigenvalue weighted by Gasteiger charge is -2.07. The Morgan fingerprint density at radius 2 is 2.11 bits per heavy atom. The van der Waals surface area contributed by atoms with E-state index in [0.717, 1.165) is 27.2 Å². The molecule has 92 valence electrons. The molecule has 0 saturated carbocycles. The second kappa shape index (κ2) is 4.79. The van der Waals surface area contributed by atoms with Crippen molar-refractivity contribution in [2.24, 2.45) is 0 Å². The van der Waals surface area contributed by atoms with Crippen LogP contribution in [0.4, 0.5) is 4.39 Å². The number of nitrogens with zero attached hydrogens (tertiary/aromatic N) is 2. The molecule has 0 amide bonds. The lowest BCUT2D eigenvalue weighted by molar-refractivity contribution is 0.628. The van der Waals surface area contributed by atoms with Crippen molar-refractivity contribution >= 4 is 39.3 Å². The third kappa shape index (κ3) is 2.15. The van der Waals surface area contributed by atoms with Crippen molar-refractivity contribution in [3.63, 3.8) is 0 Å². The molecule has 6 heteroatoms. The van der Waals surface area contributed by atoms with Crippen molar-refractivity contribution in [2.75, 3.05) is 0 Å². The van der Waals surface area contributed by atoms with E-state index in [1.807, 2.05) is 0 Å². The van der Waals surface area contributed by atoms with E-state index in [9.17, 15) is 4.39 Å². The molecule has 0 unspecified atom stereocenters. The van der Waals surface area contributed by atoms with E-state index in [1.54, 1.807) is 17.8 Å². The van der Waals surface area contributed by atoms with E-state index in [2.05, 4.69) is 25.9 Å². The average molecular weight is 346 g/mol. The van der Waals surface area contributed by atoms with Crippen LogP contribution in [0.2, 0.25) is 5.15 Å². The second-order valence-corrected chi connectivity index (χ2v) is 6.08. The van der Waals surface area contributed by atoms with Gasteiger partial charge in [-0.2, -0.15) is 11.8 Å². The van der Waals surface area contributed by atoms with Gasteiger partial charge in [0, 0.05) is 27.1 Å². The monoisotopic (exact) mass is 344 g/mol. The Hall–Kier alpha value is -0.650. The van der Waals surface area contributed by atoms with Gasteiger partial charge in [0.2, 0.25) is 0 Å². The van der Waals surface area contributed by atoms with Gasteiger partial charge in [-0.3, -0.25) is 0 Å². The molecule has 0 N–H and O–H groups in total. The maximum atomic E-state index is 13.3. The number of aromatic nitrogens is 2. The van der Waals surface area contributed by atoms with E-state index >= 15 is 0 Å². The second-order valence-electron chi connectivity index (χ2n) is 3.88. The Morgan fingerprint density at radius 1 is 1.28 bits per heavy atom. The number of thioether (sulfide) groups is 1. The van der Waals surface area contributed by atoms with Crippen LogP contribution in [-0.4, -0.2) is 9.97 Å². The molecule has 0 spiro atoms. The minimum atomic E-state index is -0.317. The number of hydrogen-bond acceptors (Lipinski definition) is 3. The number of hydrogen-bond donors (Lipinski definition) is 0. The molecule has 0 atom stereocenters. The molecule has 0 bridgehead atoms. The Kier molecular flexibility index (Phi) is 3.30. The van der Waals surface area contributed by atoms with Crippen molar-refractivity contribution in [3.05, 3.63) is 44.9 Å². The Labute approximate surface area is 121 Å². The molecular weight excluding hydrogens is 339 g/mol. The number of benzene rings is 1. The normalized spacial score (nSPS) is 13.7. The zero-order valence-corrected chi connectivity index (χ0v) is 12.2. The number of fused-ring (bicyclic) bond motifs is 1. The molecule has 0 radical (unpaired) electrons. The summed E-state index contributed by atoms with van der Waals surface area (Å²) in [6.07, 6.45) is 0. The van der Waals surface area contributed by atoms with Gasteiger partial charge < -0.3 is 0 Å². The van der Waals surface area contributed by atoms with Crippen LogP contribution in [0.15, 0.2) is 22.7 Å². The molecule has 2 heterocycles. The Morgan fingerprint density at radius 3 is 2.94 bits per heavy atom. The van der Waals surface area contributed by atoms with Crippen LogP contribution in [0.1, 0.15) is 11.3 Å². The van der Waals surface area contributed by atoms with Crippen LogP contribution in [0.25, 0.3) is 11.4 Å². The first-order chi connectivity index (χ1) is 8.65. The molecule has 2 nitrogen and oxygen atoms in total. The van der Waals surface area contributed by atoms with Gasteiger partial charge >= 0.3 is 0 Å². The summed E-state index contributed by atoms with van der Waals surface area (Å²) in [7, 11) is 0. The fraction of sp³-hybridized carbons (Fsp3) is 0.167. The first kappa shape index (κ1) is 12.4. The van der Waals surface area contributed by atoms with E-state index in [-0.39, 0.29) is 5.82 Å². The van der Waals surface area contributed by atoms with Crippen molar-refractivity contribution in [1.29, 1.82) is 0 Å². The highest BCUT2D eigenvalue weighted by molar-refractivity contribution is 9.10. The van der Waals surface area contributed by atoms with Crippen LogP contribution in [-0.2, 0) is 11.5 Å². The molecule has 18 heavy (non-hydrogen) atoms. The van der Waals surface area contributed by atoms with E-state index in [4.69, 9.17) is 11.6 Å². The lowest BCUT2D eigenvalue weighted by Crippen LogP contribution is -1.98. The van der Waals surface area contributed by atoms with Gasteiger partial charge in [-0.1, -0.05) is 27.5 Å². The Balaban J connectivity index is 2.18. The minimum Gasteiger partial charge on any atom is -0.232 e. The molecule has 1 aromatic carbocycles. The first-order valence-corrected chi connectivity index (χ1v) is 7.56. The molecule has 0 fully saturated rings. The summed E-state index contributed by atoms with van der Waals surface area (Å²) in [5.41, 5.74) is 2.57. The van der Waals surface area contributed by atoms with Gasteiger partial charge in [0.05, 0.1) is 5.69 Å². The zero-order valence-electron chi connectivity index (χ0n) is 9.08. The summed E-state index contributed by atoms with van der Waals surface area (Å²) in [5, 5.41) is 0.469. The third-order valence-electron chi connectivity index (χ3n) is 2.70. The van der Waals surface area contributed by atoms with Gasteiger partial charge in [-0.05, 0) is 18.2 Å². The highest BCUT2D eigenvalue weighted by Crippen LogP contribution is 2.35. The fourth-order valence-electron chi connectivity index (χ4n) is 1.80. The lowest BCUT2D eigenvalue weighted by atomic mass is 10.2. The van der Waals surface area contributed by atoms with Crippen molar-refractivity contribution in [2.45, 2.75) is 11.5 Å². The van der Waals surface area contributed by atoms with Crippen LogP contribution < -0.4 is 0 Å². The van der Waals surface area contributed by atoms with Gasteiger partial charge in [0.15, 0.2) is 5.82 Å². The predicted octanol–water partition coefficient (Wildman–Crippen LogP) is 4.45. The van der Waals surface area contributed by atoms with Gasteiger partial charge in [0.25, 0.3) is 0 Å². The Bertz CT molecular complexity index is 636. The number of rotatable bonds is 1. The first-order valence-electron chi connectivity index (χ1n) is 5.23. The van der Waals surface area contributed by atoms with Crippen LogP contribution in [0, 0.1) is 5.82 Å². The summed E-state index contributed by atoms with van der Waals surface area (Å²) in [5.74, 6) is 1.83. The van der Waals surface area contributed by atoms with Crippen molar-refractivity contribution < 1.29 is 4.39 Å². The predicted molar refractivity (Wildman–Crippen MR) is 75.1 cm³/mol. The highest BCUT2D eigenvalue weighted by atomic mass is 79.9. The summed E-state index contributed by atoms with van der Waals surface area (Å²) < 4.78 is 14.0. The standard InChI is InChI=1S/C12H7BrClFN2S/c13-9-2-1-6(15)3-7(9)12-16-10-5-18-4-8(10)11(14)17-12/h1-3H,4-5H2.